The zero-order chi connectivity index (χ0) is 27.2. The minimum atomic E-state index is -0.993. The molecule has 2 aliphatic rings. The fraction of sp³-hybridized carbons (Fsp3) is 0.433. The maximum atomic E-state index is 11.1. The number of hydrogen-bond acceptors (Lipinski definition) is 7. The molecule has 0 aliphatic carbocycles. The van der Waals surface area contributed by atoms with E-state index in [0.717, 1.165) is 85.8 Å². The molecule has 4 aromatic rings. The Morgan fingerprint density at radius 2 is 1.61 bits per heavy atom. The zero-order valence-corrected chi connectivity index (χ0v) is 24.7. The molecule has 11 heteroatoms. The highest BCUT2D eigenvalue weighted by Gasteiger charge is 2.19. The van der Waals surface area contributed by atoms with Gasteiger partial charge in [0.25, 0.3) is 0 Å². The van der Waals surface area contributed by atoms with E-state index in [-0.39, 0.29) is 36.6 Å². The molecule has 4 heterocycles. The summed E-state index contributed by atoms with van der Waals surface area (Å²) in [7, 11) is 0. The average molecular weight is 608 g/mol. The molecule has 0 amide bonds. The van der Waals surface area contributed by atoms with Crippen molar-refractivity contribution in [3.63, 3.8) is 0 Å². The molecular formula is C30H40Cl2N4O5. The number of rotatable bonds is 7. The fourth-order valence-electron chi connectivity index (χ4n) is 5.27. The van der Waals surface area contributed by atoms with Crippen LogP contribution in [0.2, 0.25) is 0 Å². The van der Waals surface area contributed by atoms with Crippen LogP contribution in [-0.2, 0) is 6.61 Å². The lowest BCUT2D eigenvalue weighted by Crippen LogP contribution is -2.45. The number of aromatic amines is 1. The van der Waals surface area contributed by atoms with Gasteiger partial charge in [0.05, 0.1) is 12.4 Å². The third-order valence-corrected chi connectivity index (χ3v) is 7.72. The van der Waals surface area contributed by atoms with Crippen LogP contribution in [-0.4, -0.2) is 82.4 Å². The van der Waals surface area contributed by atoms with Crippen LogP contribution in [0.25, 0.3) is 21.9 Å². The molecule has 0 bridgehead atoms. The molecule has 0 radical (unpaired) electrons. The summed E-state index contributed by atoms with van der Waals surface area (Å²) in [5.41, 5.74) is 8.53. The van der Waals surface area contributed by atoms with E-state index in [0.29, 0.717) is 18.4 Å². The first kappa shape index (κ1) is 32.7. The van der Waals surface area contributed by atoms with E-state index in [1.165, 1.54) is 6.54 Å². The molecule has 41 heavy (non-hydrogen) atoms. The highest BCUT2D eigenvalue weighted by molar-refractivity contribution is 5.96. The van der Waals surface area contributed by atoms with Crippen LogP contribution in [0, 0.1) is 0 Å². The number of nitrogens with two attached hydrogens (primary N) is 1. The second-order valence-electron chi connectivity index (χ2n) is 10.5. The van der Waals surface area contributed by atoms with Gasteiger partial charge in [-0.1, -0.05) is 24.3 Å². The summed E-state index contributed by atoms with van der Waals surface area (Å²) in [6, 6.07) is 15.3. The number of likely N-dealkylation sites (tertiary alicyclic amines) is 2. The number of furan rings is 1. The summed E-state index contributed by atoms with van der Waals surface area (Å²) in [5.74, 6) is -0.357. The van der Waals surface area contributed by atoms with Crippen LogP contribution >= 0.6 is 24.8 Å². The number of ether oxygens (including phenoxy) is 1. The molecule has 0 unspecified atom stereocenters. The van der Waals surface area contributed by atoms with Gasteiger partial charge in [-0.15, -0.1) is 24.8 Å². The summed E-state index contributed by atoms with van der Waals surface area (Å²) in [4.78, 5) is 18.9. The lowest BCUT2D eigenvalue weighted by Gasteiger charge is -2.34. The van der Waals surface area contributed by atoms with Gasteiger partial charge < -0.3 is 39.9 Å². The van der Waals surface area contributed by atoms with Crippen molar-refractivity contribution < 1.29 is 24.2 Å². The summed E-state index contributed by atoms with van der Waals surface area (Å²) >= 11 is 0. The smallest absolute Gasteiger partial charge is 0.352 e. The first-order valence-corrected chi connectivity index (χ1v) is 13.8. The Balaban J connectivity index is 0.000000228. The number of piperidine rings is 2. The van der Waals surface area contributed by atoms with Crippen molar-refractivity contribution in [1.82, 2.24) is 14.8 Å². The molecular weight excluding hydrogens is 567 g/mol. The first-order valence-electron chi connectivity index (χ1n) is 13.8. The van der Waals surface area contributed by atoms with Crippen LogP contribution in [0.15, 0.2) is 59.2 Å². The second-order valence-corrected chi connectivity index (χ2v) is 10.5. The SMILES string of the molecule is Cl.Cl.NC1CCN(CCN2CCC(O)CC2)CC1.O=C(O)c1cc2c(OCc3coc4ccccc34)cccc2[nH]1. The first-order chi connectivity index (χ1) is 19.0. The second kappa shape index (κ2) is 15.4. The van der Waals surface area contributed by atoms with Crippen molar-refractivity contribution in [3.8, 4) is 5.75 Å². The molecule has 0 spiro atoms. The standard InChI is InChI=1S/C18H13NO4.C12H25N3O.2ClH/c20-18(21)15-8-13-14(19-15)5-3-7-17(13)23-10-11-9-22-16-6-2-1-4-12(11)16;13-11-1-5-14(6-2-11)9-10-15-7-3-12(16)4-8-15;;/h1-9,19H,10H2,(H,20,21);11-12,16H,1-10,13H2;2*1H. The normalized spacial score (nSPS) is 16.9. The molecule has 0 saturated carbocycles. The number of carbonyl (C=O) groups is 1. The number of aliphatic hydroxyl groups is 1. The summed E-state index contributed by atoms with van der Waals surface area (Å²) in [6.07, 6.45) is 5.84. The van der Waals surface area contributed by atoms with Gasteiger partial charge in [0.2, 0.25) is 0 Å². The zero-order valence-electron chi connectivity index (χ0n) is 23.0. The largest absolute Gasteiger partial charge is 0.488 e. The Morgan fingerprint density at radius 3 is 2.29 bits per heavy atom. The Kier molecular flexibility index (Phi) is 12.3. The number of carboxylic acid groups (broad SMARTS) is 1. The number of para-hydroxylation sites is 1. The van der Waals surface area contributed by atoms with E-state index >= 15 is 0 Å². The van der Waals surface area contributed by atoms with Gasteiger partial charge in [0, 0.05) is 54.1 Å². The van der Waals surface area contributed by atoms with Crippen LogP contribution in [0.1, 0.15) is 41.7 Å². The van der Waals surface area contributed by atoms with Crippen LogP contribution < -0.4 is 10.5 Å². The molecule has 6 rings (SSSR count). The third kappa shape index (κ3) is 8.61. The molecule has 2 aromatic heterocycles. The van der Waals surface area contributed by atoms with Crippen LogP contribution in [0.5, 0.6) is 5.75 Å². The molecule has 2 aliphatic heterocycles. The van der Waals surface area contributed by atoms with Crippen molar-refractivity contribution in [3.05, 3.63) is 66.1 Å². The van der Waals surface area contributed by atoms with Gasteiger partial charge >= 0.3 is 5.97 Å². The van der Waals surface area contributed by atoms with E-state index in [4.69, 9.17) is 20.0 Å². The minimum Gasteiger partial charge on any atom is -0.488 e. The predicted octanol–water partition coefficient (Wildman–Crippen LogP) is 4.90. The molecule has 224 valence electrons. The van der Waals surface area contributed by atoms with Crippen molar-refractivity contribution >= 4 is 52.7 Å². The van der Waals surface area contributed by atoms with Gasteiger partial charge in [-0.05, 0) is 63.0 Å². The molecule has 9 nitrogen and oxygen atoms in total. The maximum Gasteiger partial charge on any atom is 0.352 e. The Hall–Kier alpha value is -2.79. The maximum absolute atomic E-state index is 11.1. The van der Waals surface area contributed by atoms with E-state index in [2.05, 4.69) is 14.8 Å². The fourth-order valence-corrected chi connectivity index (χ4v) is 5.27. The van der Waals surface area contributed by atoms with E-state index < -0.39 is 5.97 Å². The monoisotopic (exact) mass is 606 g/mol. The highest BCUT2D eigenvalue weighted by Crippen LogP contribution is 2.28. The Bertz CT molecular complexity index is 1360. The number of halogens is 2. The number of H-pyrrole nitrogens is 1. The summed E-state index contributed by atoms with van der Waals surface area (Å²) in [6.45, 7) is 7.13. The number of aromatic carboxylic acids is 1. The Morgan fingerprint density at radius 1 is 0.951 bits per heavy atom. The van der Waals surface area contributed by atoms with Crippen molar-refractivity contribution in [2.45, 2.75) is 44.4 Å². The third-order valence-electron chi connectivity index (χ3n) is 7.72. The van der Waals surface area contributed by atoms with Crippen LogP contribution in [0.3, 0.4) is 0 Å². The van der Waals surface area contributed by atoms with Crippen molar-refractivity contribution in [2.75, 3.05) is 39.3 Å². The van der Waals surface area contributed by atoms with Gasteiger partial charge in [0.1, 0.15) is 23.6 Å². The number of fused-ring (bicyclic) bond motifs is 2. The number of nitrogens with zero attached hydrogens (tertiary/aromatic N) is 2. The quantitative estimate of drug-likeness (QED) is 0.234. The summed E-state index contributed by atoms with van der Waals surface area (Å²) in [5, 5.41) is 20.3. The minimum absolute atomic E-state index is 0. The molecule has 2 saturated heterocycles. The number of nitrogens with one attached hydrogen (secondary N) is 1. The number of hydrogen-bond donors (Lipinski definition) is 4. The lowest BCUT2D eigenvalue weighted by molar-refractivity contribution is 0.0691. The van der Waals surface area contributed by atoms with Crippen LogP contribution in [0.4, 0.5) is 0 Å². The topological polar surface area (TPSA) is 128 Å². The number of benzene rings is 2. The van der Waals surface area contributed by atoms with Gasteiger partial charge in [-0.3, -0.25) is 0 Å². The molecule has 2 fully saturated rings. The number of aromatic nitrogens is 1. The van der Waals surface area contributed by atoms with Gasteiger partial charge in [-0.25, -0.2) is 4.79 Å². The van der Waals surface area contributed by atoms with Crippen molar-refractivity contribution in [2.24, 2.45) is 5.73 Å². The van der Waals surface area contributed by atoms with Crippen molar-refractivity contribution in [1.29, 1.82) is 0 Å². The highest BCUT2D eigenvalue weighted by atomic mass is 35.5. The average Bonchev–Trinajstić information content (AvgIpc) is 3.58. The number of carboxylic acids is 1. The van der Waals surface area contributed by atoms with E-state index in [1.54, 1.807) is 12.3 Å². The summed E-state index contributed by atoms with van der Waals surface area (Å²) < 4.78 is 11.4. The molecule has 2 aromatic carbocycles. The van der Waals surface area contributed by atoms with E-state index in [9.17, 15) is 9.90 Å². The Labute approximate surface area is 252 Å². The number of aliphatic hydroxyl groups excluding tert-OH is 1. The molecule has 0 atom stereocenters. The van der Waals surface area contributed by atoms with Gasteiger partial charge in [-0.2, -0.15) is 0 Å². The molecule has 5 N–H and O–H groups in total. The van der Waals surface area contributed by atoms with E-state index in [1.807, 2.05) is 42.5 Å². The van der Waals surface area contributed by atoms with Gasteiger partial charge in [0.15, 0.2) is 0 Å². The predicted molar refractivity (Wildman–Crippen MR) is 166 cm³/mol. The lowest BCUT2D eigenvalue weighted by atomic mass is 10.1.